The third-order valence-corrected chi connectivity index (χ3v) is 6.38. The lowest BCUT2D eigenvalue weighted by molar-refractivity contribution is -0.162. The van der Waals surface area contributed by atoms with Gasteiger partial charge in [-0.2, -0.15) is 0 Å². The summed E-state index contributed by atoms with van der Waals surface area (Å²) in [6, 6.07) is 28.2. The molecule has 0 N–H and O–H groups in total. The largest absolute Gasteiger partial charge is 0.461 e. The number of hydrogen-bond acceptors (Lipinski definition) is 6. The molecule has 4 rings (SSSR count). The van der Waals surface area contributed by atoms with Gasteiger partial charge in [0, 0.05) is 0 Å². The summed E-state index contributed by atoms with van der Waals surface area (Å²) in [7, 11) is 0. The molecule has 0 heterocycles. The lowest BCUT2D eigenvalue weighted by Crippen LogP contribution is -2.37. The molecule has 6 heteroatoms. The van der Waals surface area contributed by atoms with Crippen LogP contribution in [0.4, 0.5) is 0 Å². The minimum atomic E-state index is -0.592. The lowest BCUT2D eigenvalue weighted by Gasteiger charge is -2.31. The fourth-order valence-corrected chi connectivity index (χ4v) is 4.44. The fraction of sp³-hybridized carbons (Fsp3) is 0.300. The van der Waals surface area contributed by atoms with Crippen molar-refractivity contribution < 1.29 is 28.6 Å². The van der Waals surface area contributed by atoms with Gasteiger partial charge in [-0.05, 0) is 36.0 Å². The van der Waals surface area contributed by atoms with E-state index in [-0.39, 0.29) is 39.1 Å². The van der Waals surface area contributed by atoms with Gasteiger partial charge in [-0.15, -0.1) is 0 Å². The molecule has 1 aliphatic rings. The third kappa shape index (κ3) is 7.28. The van der Waals surface area contributed by atoms with Crippen molar-refractivity contribution in [1.29, 1.82) is 0 Å². The molecule has 6 nitrogen and oxygen atoms in total. The Hall–Kier alpha value is -3.93. The molecular weight excluding hydrogens is 456 g/mol. The maximum Gasteiger partial charge on any atom is 0.309 e. The first-order chi connectivity index (χ1) is 17.6. The van der Waals surface area contributed by atoms with E-state index in [0.717, 1.165) is 16.7 Å². The molecule has 0 aliphatic heterocycles. The summed E-state index contributed by atoms with van der Waals surface area (Å²) in [4.78, 5) is 38.8. The second-order valence-corrected chi connectivity index (χ2v) is 9.08. The smallest absolute Gasteiger partial charge is 0.309 e. The summed E-state index contributed by atoms with van der Waals surface area (Å²) in [5.41, 5.74) is 2.62. The second-order valence-electron chi connectivity index (χ2n) is 9.08. The quantitative estimate of drug-likeness (QED) is 0.304. The minimum absolute atomic E-state index is 0.141. The molecule has 0 spiro atoms. The van der Waals surface area contributed by atoms with E-state index >= 15 is 0 Å². The molecule has 3 aromatic rings. The number of esters is 3. The van der Waals surface area contributed by atoms with Crippen molar-refractivity contribution in [3.8, 4) is 0 Å². The van der Waals surface area contributed by atoms with Crippen molar-refractivity contribution in [3.05, 3.63) is 108 Å². The van der Waals surface area contributed by atoms with Crippen LogP contribution in [0.15, 0.2) is 91.0 Å². The van der Waals surface area contributed by atoms with Crippen molar-refractivity contribution in [1.82, 2.24) is 0 Å². The Balaban J connectivity index is 1.40. The minimum Gasteiger partial charge on any atom is -0.461 e. The van der Waals surface area contributed by atoms with Crippen molar-refractivity contribution in [2.75, 3.05) is 0 Å². The predicted molar refractivity (Wildman–Crippen MR) is 133 cm³/mol. The first kappa shape index (κ1) is 25.2. The summed E-state index contributed by atoms with van der Waals surface area (Å²) in [6.07, 6.45) is 0.844. The summed E-state index contributed by atoms with van der Waals surface area (Å²) in [5.74, 6) is -3.02. The van der Waals surface area contributed by atoms with Gasteiger partial charge >= 0.3 is 17.9 Å². The van der Waals surface area contributed by atoms with Crippen molar-refractivity contribution in [2.45, 2.75) is 39.1 Å². The van der Waals surface area contributed by atoms with Crippen LogP contribution in [0.2, 0.25) is 0 Å². The zero-order valence-electron chi connectivity index (χ0n) is 20.1. The number of rotatable bonds is 9. The standard InChI is InChI=1S/C30H30O6/c31-28(34-19-22-10-4-1-5-11-22)25-16-26(29(32)35-20-23-12-6-2-7-13-23)18-27(17-25)30(33)36-21-24-14-8-3-9-15-24/h1-15,25-27H,16-21H2. The van der Waals surface area contributed by atoms with Crippen LogP contribution < -0.4 is 0 Å². The van der Waals surface area contributed by atoms with Crippen molar-refractivity contribution in [3.63, 3.8) is 0 Å². The number of ether oxygens (including phenoxy) is 3. The van der Waals surface area contributed by atoms with Gasteiger partial charge in [0.05, 0.1) is 17.8 Å². The normalized spacial score (nSPS) is 19.2. The Labute approximate surface area is 211 Å². The molecule has 186 valence electrons. The Morgan fingerprint density at radius 3 is 0.972 bits per heavy atom. The molecule has 0 unspecified atom stereocenters. The third-order valence-electron chi connectivity index (χ3n) is 6.38. The SMILES string of the molecule is O=C(OCc1ccccc1)C1CC(C(=O)OCc2ccccc2)CC(C(=O)OCc2ccccc2)C1. The summed E-state index contributed by atoms with van der Waals surface area (Å²) in [5, 5.41) is 0. The van der Waals surface area contributed by atoms with E-state index in [0.29, 0.717) is 0 Å². The first-order valence-corrected chi connectivity index (χ1v) is 12.2. The summed E-state index contributed by atoms with van der Waals surface area (Å²) >= 11 is 0. The molecule has 0 bridgehead atoms. The average molecular weight is 487 g/mol. The Morgan fingerprint density at radius 1 is 0.472 bits per heavy atom. The van der Waals surface area contributed by atoms with Crippen LogP contribution in [0.5, 0.6) is 0 Å². The maximum atomic E-state index is 12.9. The molecule has 1 aliphatic carbocycles. The molecular formula is C30H30O6. The van der Waals surface area contributed by atoms with E-state index in [9.17, 15) is 14.4 Å². The van der Waals surface area contributed by atoms with Gasteiger partial charge in [-0.1, -0.05) is 91.0 Å². The predicted octanol–water partition coefficient (Wildman–Crippen LogP) is 5.25. The van der Waals surface area contributed by atoms with Gasteiger partial charge in [0.25, 0.3) is 0 Å². The monoisotopic (exact) mass is 486 g/mol. The van der Waals surface area contributed by atoms with E-state index in [1.165, 1.54) is 0 Å². The molecule has 0 aromatic heterocycles. The molecule has 0 saturated heterocycles. The van der Waals surface area contributed by atoms with Gasteiger partial charge in [0.15, 0.2) is 0 Å². The Bertz CT molecular complexity index is 978. The number of carbonyl (C=O) groups excluding carboxylic acids is 3. The highest BCUT2D eigenvalue weighted by Crippen LogP contribution is 2.36. The van der Waals surface area contributed by atoms with Crippen molar-refractivity contribution in [2.24, 2.45) is 17.8 Å². The molecule has 1 saturated carbocycles. The van der Waals surface area contributed by atoms with Crippen LogP contribution in [0.1, 0.15) is 36.0 Å². The molecule has 36 heavy (non-hydrogen) atoms. The van der Waals surface area contributed by atoms with Gasteiger partial charge in [0.1, 0.15) is 19.8 Å². The van der Waals surface area contributed by atoms with Crippen molar-refractivity contribution >= 4 is 17.9 Å². The highest BCUT2D eigenvalue weighted by Gasteiger charge is 2.41. The van der Waals surface area contributed by atoms with Crippen LogP contribution in [-0.4, -0.2) is 17.9 Å². The summed E-state index contributed by atoms with van der Waals surface area (Å²) in [6.45, 7) is 0.424. The van der Waals surface area contributed by atoms with E-state index in [1.807, 2.05) is 91.0 Å². The Morgan fingerprint density at radius 2 is 0.722 bits per heavy atom. The second kappa shape index (κ2) is 12.7. The van der Waals surface area contributed by atoms with Crippen LogP contribution in [0.25, 0.3) is 0 Å². The average Bonchev–Trinajstić information content (AvgIpc) is 2.94. The highest BCUT2D eigenvalue weighted by molar-refractivity contribution is 5.80. The van der Waals surface area contributed by atoms with Gasteiger partial charge in [0.2, 0.25) is 0 Å². The van der Waals surface area contributed by atoms with Crippen LogP contribution in [0, 0.1) is 17.8 Å². The number of carbonyl (C=O) groups is 3. The Kier molecular flexibility index (Phi) is 8.87. The van der Waals surface area contributed by atoms with Gasteiger partial charge in [-0.3, -0.25) is 14.4 Å². The zero-order valence-corrected chi connectivity index (χ0v) is 20.1. The summed E-state index contributed by atoms with van der Waals surface area (Å²) < 4.78 is 16.6. The van der Waals surface area contributed by atoms with Crippen LogP contribution >= 0.6 is 0 Å². The lowest BCUT2D eigenvalue weighted by atomic mass is 9.75. The van der Waals surface area contributed by atoms with E-state index < -0.39 is 35.7 Å². The molecule has 0 radical (unpaired) electrons. The highest BCUT2D eigenvalue weighted by atomic mass is 16.5. The first-order valence-electron chi connectivity index (χ1n) is 12.2. The zero-order chi connectivity index (χ0) is 25.2. The molecule has 0 atom stereocenters. The molecule has 0 amide bonds. The molecule has 1 fully saturated rings. The fourth-order valence-electron chi connectivity index (χ4n) is 4.44. The van der Waals surface area contributed by atoms with E-state index in [1.54, 1.807) is 0 Å². The van der Waals surface area contributed by atoms with E-state index in [2.05, 4.69) is 0 Å². The van der Waals surface area contributed by atoms with E-state index in [4.69, 9.17) is 14.2 Å². The topological polar surface area (TPSA) is 78.9 Å². The van der Waals surface area contributed by atoms with Crippen LogP contribution in [0.3, 0.4) is 0 Å². The van der Waals surface area contributed by atoms with Gasteiger partial charge < -0.3 is 14.2 Å². The van der Waals surface area contributed by atoms with Gasteiger partial charge in [-0.25, -0.2) is 0 Å². The maximum absolute atomic E-state index is 12.9. The number of benzene rings is 3. The number of hydrogen-bond donors (Lipinski definition) is 0. The molecule has 3 aromatic carbocycles. The van der Waals surface area contributed by atoms with Crippen LogP contribution in [-0.2, 0) is 48.4 Å².